The van der Waals surface area contributed by atoms with Crippen LogP contribution in [0.1, 0.15) is 25.8 Å². The summed E-state index contributed by atoms with van der Waals surface area (Å²) < 4.78 is 5.23. The average Bonchev–Trinajstić information content (AvgIpc) is 2.47. The topological polar surface area (TPSA) is 67.4 Å². The summed E-state index contributed by atoms with van der Waals surface area (Å²) in [6.45, 7) is 5.06. The lowest BCUT2D eigenvalue weighted by Crippen LogP contribution is -2.41. The van der Waals surface area contributed by atoms with Crippen LogP contribution in [0.5, 0.6) is 5.75 Å². The van der Waals surface area contributed by atoms with Gasteiger partial charge in [0, 0.05) is 13.1 Å². The Bertz CT molecular complexity index is 472. The third-order valence-corrected chi connectivity index (χ3v) is 3.09. The quantitative estimate of drug-likeness (QED) is 0.749. The molecule has 0 bridgehead atoms. The van der Waals surface area contributed by atoms with Crippen molar-refractivity contribution in [2.24, 2.45) is 5.92 Å². The highest BCUT2D eigenvalue weighted by molar-refractivity contribution is 6.35. The number of benzene rings is 1. The number of carbonyl (C=O) groups is 2. The molecule has 0 fully saturated rings. The van der Waals surface area contributed by atoms with E-state index in [0.717, 1.165) is 17.7 Å². The molecule has 0 radical (unpaired) electrons. The molecule has 21 heavy (non-hydrogen) atoms. The zero-order chi connectivity index (χ0) is 15.7. The lowest BCUT2D eigenvalue weighted by atomic mass is 10.1. The predicted octanol–water partition coefficient (Wildman–Crippen LogP) is 1.52. The van der Waals surface area contributed by atoms with Gasteiger partial charge in [0.25, 0.3) is 0 Å². The van der Waals surface area contributed by atoms with Gasteiger partial charge in [0.15, 0.2) is 0 Å². The Kier molecular flexibility index (Phi) is 7.29. The zero-order valence-electron chi connectivity index (χ0n) is 12.9. The first-order chi connectivity index (χ1) is 10.0. The van der Waals surface area contributed by atoms with E-state index < -0.39 is 11.8 Å². The lowest BCUT2D eigenvalue weighted by Gasteiger charge is -2.09. The molecule has 5 heteroatoms. The number of rotatable bonds is 7. The first kappa shape index (κ1) is 17.0. The second kappa shape index (κ2) is 9.00. The van der Waals surface area contributed by atoms with Gasteiger partial charge in [-0.15, -0.1) is 0 Å². The van der Waals surface area contributed by atoms with E-state index in [0.29, 0.717) is 25.4 Å². The van der Waals surface area contributed by atoms with Gasteiger partial charge in [-0.25, -0.2) is 0 Å². The number of hydrogen-bond acceptors (Lipinski definition) is 3. The Balaban J connectivity index is 2.31. The monoisotopic (exact) mass is 292 g/mol. The smallest absolute Gasteiger partial charge is 0.309 e. The minimum atomic E-state index is -0.589. The molecule has 1 aromatic rings. The number of nitrogens with one attached hydrogen (secondary N) is 2. The van der Waals surface area contributed by atoms with E-state index in [1.165, 1.54) is 0 Å². The third-order valence-electron chi connectivity index (χ3n) is 3.09. The number of methoxy groups -OCH3 is 1. The van der Waals surface area contributed by atoms with Crippen LogP contribution in [0.4, 0.5) is 0 Å². The summed E-state index contributed by atoms with van der Waals surface area (Å²) in [5.74, 6) is 0.122. The molecule has 2 N–H and O–H groups in total. The van der Waals surface area contributed by atoms with Crippen LogP contribution < -0.4 is 15.4 Å². The van der Waals surface area contributed by atoms with Crippen LogP contribution in [0.25, 0.3) is 0 Å². The van der Waals surface area contributed by atoms with Gasteiger partial charge in [-0.1, -0.05) is 32.0 Å². The van der Waals surface area contributed by atoms with Crippen molar-refractivity contribution in [1.29, 1.82) is 0 Å². The molecule has 1 rings (SSSR count). The van der Waals surface area contributed by atoms with Crippen LogP contribution in [0, 0.1) is 5.92 Å². The molecule has 0 aliphatic heterocycles. The molecule has 0 saturated carbocycles. The van der Waals surface area contributed by atoms with Crippen LogP contribution in [0.3, 0.4) is 0 Å². The van der Waals surface area contributed by atoms with Gasteiger partial charge in [0.2, 0.25) is 0 Å². The summed E-state index contributed by atoms with van der Waals surface area (Å²) in [5.41, 5.74) is 1.00. The van der Waals surface area contributed by atoms with Crippen molar-refractivity contribution in [3.05, 3.63) is 29.8 Å². The Morgan fingerprint density at radius 3 is 2.33 bits per heavy atom. The second-order valence-corrected chi connectivity index (χ2v) is 5.26. The Labute approximate surface area is 126 Å². The van der Waals surface area contributed by atoms with Crippen molar-refractivity contribution < 1.29 is 14.3 Å². The van der Waals surface area contributed by atoms with Crippen molar-refractivity contribution in [3.8, 4) is 5.75 Å². The number of ether oxygens (including phenoxy) is 1. The minimum Gasteiger partial charge on any atom is -0.496 e. The summed E-state index contributed by atoms with van der Waals surface area (Å²) in [6, 6.07) is 7.62. The van der Waals surface area contributed by atoms with Crippen molar-refractivity contribution in [2.45, 2.75) is 26.7 Å². The largest absolute Gasteiger partial charge is 0.496 e. The van der Waals surface area contributed by atoms with Crippen LogP contribution in [0.2, 0.25) is 0 Å². The van der Waals surface area contributed by atoms with E-state index >= 15 is 0 Å². The fraction of sp³-hybridized carbons (Fsp3) is 0.500. The van der Waals surface area contributed by atoms with E-state index in [4.69, 9.17) is 4.74 Å². The number of hydrogen-bond donors (Lipinski definition) is 2. The van der Waals surface area contributed by atoms with Gasteiger partial charge >= 0.3 is 11.8 Å². The molecule has 116 valence electrons. The summed E-state index contributed by atoms with van der Waals surface area (Å²) in [6.07, 6.45) is 1.48. The van der Waals surface area contributed by atoms with Gasteiger partial charge in [0.05, 0.1) is 7.11 Å². The third kappa shape index (κ3) is 6.29. The van der Waals surface area contributed by atoms with Gasteiger partial charge in [0.1, 0.15) is 5.75 Å². The summed E-state index contributed by atoms with van der Waals surface area (Å²) in [4.78, 5) is 23.2. The number of amides is 2. The van der Waals surface area contributed by atoms with Crippen LogP contribution in [-0.4, -0.2) is 32.0 Å². The SMILES string of the molecule is COc1ccccc1CCNC(=O)C(=O)NCCC(C)C. The summed E-state index contributed by atoms with van der Waals surface area (Å²) >= 11 is 0. The Morgan fingerprint density at radius 1 is 1.10 bits per heavy atom. The van der Waals surface area contributed by atoms with Crippen molar-refractivity contribution in [1.82, 2.24) is 10.6 Å². The zero-order valence-corrected chi connectivity index (χ0v) is 12.9. The molecule has 5 nitrogen and oxygen atoms in total. The molecule has 1 aromatic carbocycles. The highest BCUT2D eigenvalue weighted by Gasteiger charge is 2.12. The molecular weight excluding hydrogens is 268 g/mol. The molecule has 2 amide bonds. The van der Waals surface area contributed by atoms with Gasteiger partial charge < -0.3 is 15.4 Å². The molecular formula is C16H24N2O3. The molecule has 0 heterocycles. The van der Waals surface area contributed by atoms with Crippen LogP contribution in [-0.2, 0) is 16.0 Å². The van der Waals surface area contributed by atoms with E-state index in [2.05, 4.69) is 24.5 Å². The Hall–Kier alpha value is -2.04. The van der Waals surface area contributed by atoms with E-state index in [1.54, 1.807) is 7.11 Å². The van der Waals surface area contributed by atoms with Gasteiger partial charge in [-0.3, -0.25) is 9.59 Å². The van der Waals surface area contributed by atoms with Crippen molar-refractivity contribution in [2.75, 3.05) is 20.2 Å². The highest BCUT2D eigenvalue weighted by Crippen LogP contribution is 2.17. The lowest BCUT2D eigenvalue weighted by molar-refractivity contribution is -0.139. The fourth-order valence-corrected chi connectivity index (χ4v) is 1.86. The van der Waals surface area contributed by atoms with E-state index in [9.17, 15) is 9.59 Å². The maximum atomic E-state index is 11.6. The maximum absolute atomic E-state index is 11.6. The van der Waals surface area contributed by atoms with Gasteiger partial charge in [-0.2, -0.15) is 0 Å². The molecule has 0 spiro atoms. The number of para-hydroxylation sites is 1. The van der Waals surface area contributed by atoms with Crippen molar-refractivity contribution in [3.63, 3.8) is 0 Å². The van der Waals surface area contributed by atoms with E-state index in [1.807, 2.05) is 24.3 Å². The predicted molar refractivity (Wildman–Crippen MR) is 82.2 cm³/mol. The second-order valence-electron chi connectivity index (χ2n) is 5.26. The standard InChI is InChI=1S/C16H24N2O3/c1-12(2)8-10-17-15(19)16(20)18-11-9-13-6-4-5-7-14(13)21-3/h4-7,12H,8-11H2,1-3H3,(H,17,19)(H,18,20). The molecule has 0 aliphatic rings. The van der Waals surface area contributed by atoms with E-state index in [-0.39, 0.29) is 0 Å². The highest BCUT2D eigenvalue weighted by atomic mass is 16.5. The molecule has 0 aromatic heterocycles. The number of carbonyl (C=O) groups excluding carboxylic acids is 2. The molecule has 0 atom stereocenters. The van der Waals surface area contributed by atoms with Gasteiger partial charge in [-0.05, 0) is 30.4 Å². The molecule has 0 unspecified atom stereocenters. The van der Waals surface area contributed by atoms with Crippen LogP contribution >= 0.6 is 0 Å². The fourth-order valence-electron chi connectivity index (χ4n) is 1.86. The minimum absolute atomic E-state index is 0.400. The summed E-state index contributed by atoms with van der Waals surface area (Å²) in [7, 11) is 1.61. The average molecular weight is 292 g/mol. The van der Waals surface area contributed by atoms with Crippen molar-refractivity contribution >= 4 is 11.8 Å². The Morgan fingerprint density at radius 2 is 1.71 bits per heavy atom. The molecule has 0 aliphatic carbocycles. The normalized spacial score (nSPS) is 10.3. The summed E-state index contributed by atoms with van der Waals surface area (Å²) in [5, 5.41) is 5.22. The first-order valence-electron chi connectivity index (χ1n) is 7.22. The maximum Gasteiger partial charge on any atom is 0.309 e. The first-order valence-corrected chi connectivity index (χ1v) is 7.22. The molecule has 0 saturated heterocycles. The van der Waals surface area contributed by atoms with Crippen LogP contribution in [0.15, 0.2) is 24.3 Å².